The smallest absolute Gasteiger partial charge is 0.128 e. The number of thiol groups is 2. The zero-order valence-electron chi connectivity index (χ0n) is 3.87. The number of rotatable bonds is 0. The van der Waals surface area contributed by atoms with E-state index >= 15 is 0 Å². The van der Waals surface area contributed by atoms with Gasteiger partial charge in [0.2, 0.25) is 0 Å². The molecular formula is C2H6N2S4. The van der Waals surface area contributed by atoms with E-state index in [-0.39, 0.29) is 8.64 Å². The molecule has 0 amide bonds. The molecule has 0 aromatic carbocycles. The Morgan fingerprint density at radius 3 is 1.00 bits per heavy atom. The van der Waals surface area contributed by atoms with E-state index in [2.05, 4.69) is 49.7 Å². The highest BCUT2D eigenvalue weighted by atomic mass is 32.1. The third-order valence-electron chi connectivity index (χ3n) is 0. The maximum atomic E-state index is 4.71. The van der Waals surface area contributed by atoms with E-state index in [1.165, 1.54) is 0 Å². The minimum absolute atomic E-state index is 0.194. The first-order chi connectivity index (χ1) is 3.46. The van der Waals surface area contributed by atoms with Gasteiger partial charge < -0.3 is 11.5 Å². The molecule has 0 atom stereocenters. The molecule has 0 aromatic heterocycles. The first-order valence-electron chi connectivity index (χ1n) is 1.43. The monoisotopic (exact) mass is 186 g/mol. The van der Waals surface area contributed by atoms with Crippen LogP contribution < -0.4 is 11.5 Å². The molecule has 0 unspecified atom stereocenters. The van der Waals surface area contributed by atoms with Crippen LogP contribution in [0, 0.1) is 0 Å². The van der Waals surface area contributed by atoms with Crippen LogP contribution in [0.2, 0.25) is 0 Å². The normalized spacial score (nSPS) is 6.25. The fraction of sp³-hybridized carbons (Fsp3) is 0. The largest absolute Gasteiger partial charge is 0.385 e. The van der Waals surface area contributed by atoms with Gasteiger partial charge in [-0.2, -0.15) is 0 Å². The van der Waals surface area contributed by atoms with Crippen LogP contribution in [0.15, 0.2) is 0 Å². The van der Waals surface area contributed by atoms with Crippen molar-refractivity contribution in [3.8, 4) is 0 Å². The number of nitrogens with two attached hydrogens (primary N) is 2. The standard InChI is InChI=1S/2CH3NS2/c2*2-1(3)4/h2*(H3,2,3,4). The van der Waals surface area contributed by atoms with Crippen molar-refractivity contribution in [3.63, 3.8) is 0 Å². The molecule has 0 spiro atoms. The van der Waals surface area contributed by atoms with Crippen LogP contribution in [-0.4, -0.2) is 8.64 Å². The molecule has 0 aliphatic rings. The molecule has 0 saturated heterocycles. The van der Waals surface area contributed by atoms with Crippen molar-refractivity contribution < 1.29 is 0 Å². The van der Waals surface area contributed by atoms with Gasteiger partial charge in [0.15, 0.2) is 0 Å². The molecule has 0 fully saturated rings. The van der Waals surface area contributed by atoms with Crippen molar-refractivity contribution >= 4 is 58.3 Å². The van der Waals surface area contributed by atoms with Crippen molar-refractivity contribution in [1.82, 2.24) is 0 Å². The Hall–Kier alpha value is 0.480. The summed E-state index contributed by atoms with van der Waals surface area (Å²) in [5, 5.41) is 0. The average Bonchev–Trinajstić information content (AvgIpc) is 1.25. The summed E-state index contributed by atoms with van der Waals surface area (Å²) in [6.45, 7) is 0. The van der Waals surface area contributed by atoms with Gasteiger partial charge in [-0.25, -0.2) is 0 Å². The van der Waals surface area contributed by atoms with Crippen molar-refractivity contribution in [1.29, 1.82) is 0 Å². The molecular weight excluding hydrogens is 180 g/mol. The summed E-state index contributed by atoms with van der Waals surface area (Å²) in [5.74, 6) is 0. The minimum atomic E-state index is 0.194. The van der Waals surface area contributed by atoms with Crippen LogP contribution in [0.3, 0.4) is 0 Å². The lowest BCUT2D eigenvalue weighted by Crippen LogP contribution is -1.94. The second-order valence-corrected chi connectivity index (χ2v) is 3.12. The fourth-order valence-corrected chi connectivity index (χ4v) is 0. The molecule has 0 aliphatic carbocycles. The molecule has 48 valence electrons. The lowest BCUT2D eigenvalue weighted by molar-refractivity contribution is 1.91. The molecule has 0 aromatic rings. The molecule has 0 radical (unpaired) electrons. The predicted molar refractivity (Wildman–Crippen MR) is 51.5 cm³/mol. The van der Waals surface area contributed by atoms with Gasteiger partial charge in [-0.15, -0.1) is 25.3 Å². The molecule has 0 saturated carbocycles. The Morgan fingerprint density at radius 2 is 1.00 bits per heavy atom. The van der Waals surface area contributed by atoms with Crippen LogP contribution in [0.25, 0.3) is 0 Å². The van der Waals surface area contributed by atoms with Gasteiger partial charge in [-0.3, -0.25) is 0 Å². The molecule has 6 heteroatoms. The second kappa shape index (κ2) is 7.48. The number of hydrogen-bond acceptors (Lipinski definition) is 2. The van der Waals surface area contributed by atoms with Crippen LogP contribution in [0.5, 0.6) is 0 Å². The van der Waals surface area contributed by atoms with E-state index in [1.807, 2.05) is 0 Å². The lowest BCUT2D eigenvalue weighted by Gasteiger charge is -1.64. The summed E-state index contributed by atoms with van der Waals surface area (Å²) in [7, 11) is 0. The van der Waals surface area contributed by atoms with Gasteiger partial charge in [-0.1, -0.05) is 24.4 Å². The van der Waals surface area contributed by atoms with E-state index in [4.69, 9.17) is 11.5 Å². The summed E-state index contributed by atoms with van der Waals surface area (Å²) < 4.78 is 0.389. The Bertz CT molecular complexity index is 70.0. The van der Waals surface area contributed by atoms with Crippen LogP contribution >= 0.6 is 49.7 Å². The van der Waals surface area contributed by atoms with Crippen LogP contribution in [-0.2, 0) is 0 Å². The first kappa shape index (κ1) is 11.3. The third kappa shape index (κ3) is 845. The first-order valence-corrected chi connectivity index (χ1v) is 3.14. The van der Waals surface area contributed by atoms with E-state index in [0.717, 1.165) is 0 Å². The van der Waals surface area contributed by atoms with Crippen molar-refractivity contribution in [3.05, 3.63) is 0 Å². The van der Waals surface area contributed by atoms with Crippen LogP contribution in [0.4, 0.5) is 0 Å². The van der Waals surface area contributed by atoms with Crippen LogP contribution in [0.1, 0.15) is 0 Å². The van der Waals surface area contributed by atoms with Gasteiger partial charge in [0.05, 0.1) is 0 Å². The highest BCUT2D eigenvalue weighted by Crippen LogP contribution is 1.63. The van der Waals surface area contributed by atoms with Crippen molar-refractivity contribution in [2.24, 2.45) is 11.5 Å². The van der Waals surface area contributed by atoms with Gasteiger partial charge in [0.25, 0.3) is 0 Å². The molecule has 0 rings (SSSR count). The zero-order chi connectivity index (χ0) is 7.15. The lowest BCUT2D eigenvalue weighted by atomic mass is 11.5. The van der Waals surface area contributed by atoms with E-state index in [9.17, 15) is 0 Å². The minimum Gasteiger partial charge on any atom is -0.385 e. The summed E-state index contributed by atoms with van der Waals surface area (Å²) >= 11 is 15.3. The van der Waals surface area contributed by atoms with Crippen molar-refractivity contribution in [2.45, 2.75) is 0 Å². The quantitative estimate of drug-likeness (QED) is 0.325. The van der Waals surface area contributed by atoms with Gasteiger partial charge in [-0.05, 0) is 0 Å². The molecule has 0 bridgehead atoms. The van der Waals surface area contributed by atoms with E-state index in [0.29, 0.717) is 0 Å². The summed E-state index contributed by atoms with van der Waals surface area (Å²) in [5.41, 5.74) is 9.41. The fourth-order valence-electron chi connectivity index (χ4n) is 0. The molecule has 4 N–H and O–H groups in total. The Morgan fingerprint density at radius 1 is 1.00 bits per heavy atom. The summed E-state index contributed by atoms with van der Waals surface area (Å²) in [6, 6.07) is 0. The number of hydrogen-bond donors (Lipinski definition) is 4. The maximum absolute atomic E-state index is 4.71. The SMILES string of the molecule is NC(=S)S.NC(=S)S. The Balaban J connectivity index is 0. The second-order valence-electron chi connectivity index (χ2n) is 0.676. The van der Waals surface area contributed by atoms with Gasteiger partial charge >= 0.3 is 0 Å². The van der Waals surface area contributed by atoms with Gasteiger partial charge in [0, 0.05) is 0 Å². The maximum Gasteiger partial charge on any atom is 0.128 e. The predicted octanol–water partition coefficient (Wildman–Crippen LogP) is 0.320. The topological polar surface area (TPSA) is 52.0 Å². The zero-order valence-corrected chi connectivity index (χ0v) is 7.29. The van der Waals surface area contributed by atoms with Gasteiger partial charge in [0.1, 0.15) is 8.64 Å². The molecule has 2 nitrogen and oxygen atoms in total. The number of thiocarbonyl (C=S) groups is 2. The molecule has 0 aliphatic heterocycles. The van der Waals surface area contributed by atoms with E-state index in [1.54, 1.807) is 0 Å². The highest BCUT2D eigenvalue weighted by Gasteiger charge is 1.56. The third-order valence-corrected chi connectivity index (χ3v) is 0. The molecule has 8 heavy (non-hydrogen) atoms. The Labute approximate surface area is 69.8 Å². The summed E-state index contributed by atoms with van der Waals surface area (Å²) in [4.78, 5) is 0. The van der Waals surface area contributed by atoms with E-state index < -0.39 is 0 Å². The highest BCUT2D eigenvalue weighted by molar-refractivity contribution is 8.11. The average molecular weight is 186 g/mol. The Kier molecular flexibility index (Phi) is 10.6. The molecule has 0 heterocycles. The van der Waals surface area contributed by atoms with Crippen molar-refractivity contribution in [2.75, 3.05) is 0 Å². The summed E-state index contributed by atoms with van der Waals surface area (Å²) in [6.07, 6.45) is 0.